The number of nitrogens with zero attached hydrogens (tertiary/aromatic N) is 2. The monoisotopic (exact) mass is 187 g/mol. The molecule has 0 fully saturated rings. The number of carbonyl (C=O) groups is 1. The summed E-state index contributed by atoms with van der Waals surface area (Å²) in [6.45, 7) is 7.28. The number of rotatable bonds is 1. The predicted octanol–water partition coefficient (Wildman–Crippen LogP) is 1.83. The van der Waals surface area contributed by atoms with Crippen molar-refractivity contribution in [2.24, 2.45) is 0 Å². The van der Waals surface area contributed by atoms with E-state index in [-0.39, 0.29) is 5.91 Å². The molecule has 5 heteroatoms. The van der Waals surface area contributed by atoms with E-state index in [0.717, 1.165) is 5.01 Å². The first-order chi connectivity index (χ1) is 5.68. The predicted molar refractivity (Wildman–Crippen MR) is 50.3 cm³/mol. The summed E-state index contributed by atoms with van der Waals surface area (Å²) in [7, 11) is 0. The van der Waals surface area contributed by atoms with Gasteiger partial charge in [-0.25, -0.2) is 0 Å². The summed E-state index contributed by atoms with van der Waals surface area (Å²) in [5.74, 6) is -0.115. The van der Waals surface area contributed by atoms with E-state index in [0.29, 0.717) is 5.13 Å². The molecule has 0 bridgehead atoms. The van der Waals surface area contributed by atoms with E-state index < -0.39 is 0 Å². The first-order valence-corrected chi connectivity index (χ1v) is 4.58. The van der Waals surface area contributed by atoms with E-state index in [9.17, 15) is 4.79 Å². The highest BCUT2D eigenvalue weighted by atomic mass is 32.1. The number of anilines is 1. The Labute approximate surface area is 76.0 Å². The highest BCUT2D eigenvalue weighted by molar-refractivity contribution is 7.15. The van der Waals surface area contributed by atoms with Crippen LogP contribution in [0, 0.1) is 6.92 Å². The lowest BCUT2D eigenvalue weighted by Gasteiger charge is -1.89. The Morgan fingerprint density at radius 2 is 2.00 bits per heavy atom. The Morgan fingerprint density at radius 3 is 2.33 bits per heavy atom. The summed E-state index contributed by atoms with van der Waals surface area (Å²) in [5, 5.41) is 11.4. The molecular weight excluding hydrogens is 174 g/mol. The van der Waals surface area contributed by atoms with Gasteiger partial charge in [-0.3, -0.25) is 4.79 Å². The Hall–Kier alpha value is -0.970. The van der Waals surface area contributed by atoms with Gasteiger partial charge in [-0.1, -0.05) is 25.2 Å². The molecular formula is C7H13N3OS. The van der Waals surface area contributed by atoms with Crippen molar-refractivity contribution in [3.63, 3.8) is 0 Å². The molecule has 0 unspecified atom stereocenters. The minimum atomic E-state index is -0.115. The average Bonchev–Trinajstić information content (AvgIpc) is 2.39. The van der Waals surface area contributed by atoms with Gasteiger partial charge in [-0.2, -0.15) is 0 Å². The molecule has 0 spiro atoms. The molecule has 0 aliphatic heterocycles. The molecule has 1 rings (SSSR count). The highest BCUT2D eigenvalue weighted by Gasteiger charge is 1.99. The van der Waals surface area contributed by atoms with Gasteiger partial charge in [-0.05, 0) is 6.92 Å². The summed E-state index contributed by atoms with van der Waals surface area (Å²) < 4.78 is 0. The molecule has 0 aliphatic rings. The fraction of sp³-hybridized carbons (Fsp3) is 0.571. The molecule has 0 radical (unpaired) electrons. The van der Waals surface area contributed by atoms with Crippen LogP contribution in [0.15, 0.2) is 0 Å². The van der Waals surface area contributed by atoms with Crippen LogP contribution >= 0.6 is 11.3 Å². The lowest BCUT2D eigenvalue weighted by atomic mass is 10.7. The Morgan fingerprint density at radius 1 is 1.42 bits per heavy atom. The quantitative estimate of drug-likeness (QED) is 0.729. The maximum Gasteiger partial charge on any atom is 0.223 e. The number of amides is 1. The van der Waals surface area contributed by atoms with E-state index in [2.05, 4.69) is 15.5 Å². The standard InChI is InChI=1S/C5H7N3OS.C2H6/c1-3(9)6-5-8-7-4(2)10-5;1-2/h1-2H3,(H,6,8,9);1-2H3. The van der Waals surface area contributed by atoms with Crippen LogP contribution in [-0.2, 0) is 4.79 Å². The summed E-state index contributed by atoms with van der Waals surface area (Å²) >= 11 is 1.36. The van der Waals surface area contributed by atoms with Crippen LogP contribution in [0.1, 0.15) is 25.8 Å². The fourth-order valence-corrected chi connectivity index (χ4v) is 1.14. The zero-order valence-corrected chi connectivity index (χ0v) is 8.53. The molecule has 0 aromatic carbocycles. The number of hydrogen-bond donors (Lipinski definition) is 1. The summed E-state index contributed by atoms with van der Waals surface area (Å²) in [6, 6.07) is 0. The van der Waals surface area contributed by atoms with Crippen molar-refractivity contribution in [3.8, 4) is 0 Å². The lowest BCUT2D eigenvalue weighted by Crippen LogP contribution is -2.04. The van der Waals surface area contributed by atoms with E-state index >= 15 is 0 Å². The first-order valence-electron chi connectivity index (χ1n) is 3.76. The number of carbonyl (C=O) groups excluding carboxylic acids is 1. The van der Waals surface area contributed by atoms with Crippen LogP contribution in [0.25, 0.3) is 0 Å². The molecule has 0 saturated carbocycles. The van der Waals surface area contributed by atoms with Gasteiger partial charge in [0.15, 0.2) is 0 Å². The van der Waals surface area contributed by atoms with Gasteiger partial charge in [0.05, 0.1) is 0 Å². The van der Waals surface area contributed by atoms with Gasteiger partial charge in [0.2, 0.25) is 11.0 Å². The van der Waals surface area contributed by atoms with Gasteiger partial charge in [-0.15, -0.1) is 10.2 Å². The van der Waals surface area contributed by atoms with E-state index in [1.165, 1.54) is 18.3 Å². The minimum Gasteiger partial charge on any atom is -0.301 e. The van der Waals surface area contributed by atoms with Crippen LogP contribution in [0.5, 0.6) is 0 Å². The molecule has 1 aromatic rings. The topological polar surface area (TPSA) is 54.9 Å². The van der Waals surface area contributed by atoms with Crippen molar-refractivity contribution in [1.29, 1.82) is 0 Å². The maximum absolute atomic E-state index is 10.5. The molecule has 1 aromatic heterocycles. The molecule has 0 saturated heterocycles. The fourth-order valence-electron chi connectivity index (χ4n) is 0.498. The van der Waals surface area contributed by atoms with Gasteiger partial charge in [0.1, 0.15) is 5.01 Å². The van der Waals surface area contributed by atoms with Gasteiger partial charge in [0, 0.05) is 6.92 Å². The summed E-state index contributed by atoms with van der Waals surface area (Å²) in [4.78, 5) is 10.5. The number of aryl methyl sites for hydroxylation is 1. The molecule has 1 N–H and O–H groups in total. The molecule has 68 valence electrons. The number of nitrogens with one attached hydrogen (secondary N) is 1. The van der Waals surface area contributed by atoms with Gasteiger partial charge >= 0.3 is 0 Å². The van der Waals surface area contributed by atoms with Crippen molar-refractivity contribution < 1.29 is 4.79 Å². The van der Waals surface area contributed by atoms with Gasteiger partial charge < -0.3 is 5.32 Å². The summed E-state index contributed by atoms with van der Waals surface area (Å²) in [5.41, 5.74) is 0. The van der Waals surface area contributed by atoms with Crippen molar-refractivity contribution in [3.05, 3.63) is 5.01 Å². The maximum atomic E-state index is 10.5. The summed E-state index contributed by atoms with van der Waals surface area (Å²) in [6.07, 6.45) is 0. The van der Waals surface area contributed by atoms with Crippen molar-refractivity contribution in [1.82, 2.24) is 10.2 Å². The number of aromatic nitrogens is 2. The molecule has 0 atom stereocenters. The lowest BCUT2D eigenvalue weighted by molar-refractivity contribution is -0.114. The van der Waals surface area contributed by atoms with Crippen LogP contribution < -0.4 is 5.32 Å². The Kier molecular flexibility index (Phi) is 5.19. The molecule has 1 heterocycles. The van der Waals surface area contributed by atoms with Crippen LogP contribution in [0.4, 0.5) is 5.13 Å². The van der Waals surface area contributed by atoms with Crippen molar-refractivity contribution in [2.45, 2.75) is 27.7 Å². The van der Waals surface area contributed by atoms with E-state index in [4.69, 9.17) is 0 Å². The Balaban J connectivity index is 0.000000561. The second-order valence-corrected chi connectivity index (χ2v) is 2.99. The second kappa shape index (κ2) is 5.65. The molecule has 0 aliphatic carbocycles. The smallest absolute Gasteiger partial charge is 0.223 e. The van der Waals surface area contributed by atoms with Crippen LogP contribution in [0.2, 0.25) is 0 Å². The SMILES string of the molecule is CC.CC(=O)Nc1nnc(C)s1. The largest absolute Gasteiger partial charge is 0.301 e. The second-order valence-electron chi connectivity index (χ2n) is 1.81. The van der Waals surface area contributed by atoms with Crippen molar-refractivity contribution in [2.75, 3.05) is 5.32 Å². The zero-order chi connectivity index (χ0) is 9.56. The van der Waals surface area contributed by atoms with Crippen molar-refractivity contribution >= 4 is 22.4 Å². The Bertz CT molecular complexity index is 247. The third kappa shape index (κ3) is 4.02. The molecule has 1 amide bonds. The van der Waals surface area contributed by atoms with Gasteiger partial charge in [0.25, 0.3) is 0 Å². The highest BCUT2D eigenvalue weighted by Crippen LogP contribution is 2.12. The normalized spacial score (nSPS) is 8.33. The average molecular weight is 187 g/mol. The number of hydrogen-bond acceptors (Lipinski definition) is 4. The zero-order valence-electron chi connectivity index (χ0n) is 7.71. The van der Waals surface area contributed by atoms with Crippen LogP contribution in [0.3, 0.4) is 0 Å². The van der Waals surface area contributed by atoms with Crippen LogP contribution in [-0.4, -0.2) is 16.1 Å². The molecule has 12 heavy (non-hydrogen) atoms. The molecule has 4 nitrogen and oxygen atoms in total. The third-order valence-electron chi connectivity index (χ3n) is 0.809. The third-order valence-corrected chi connectivity index (χ3v) is 1.56. The van der Waals surface area contributed by atoms with E-state index in [1.807, 2.05) is 20.8 Å². The van der Waals surface area contributed by atoms with E-state index in [1.54, 1.807) is 0 Å². The minimum absolute atomic E-state index is 0.115. The first kappa shape index (κ1) is 11.0.